The van der Waals surface area contributed by atoms with E-state index in [9.17, 15) is 4.39 Å². The number of thiazole rings is 1. The number of nitrogens with one attached hydrogen (secondary N) is 1. The maximum absolute atomic E-state index is 14.3. The Morgan fingerprint density at radius 1 is 1.32 bits per heavy atom. The summed E-state index contributed by atoms with van der Waals surface area (Å²) in [7, 11) is 0. The van der Waals surface area contributed by atoms with Gasteiger partial charge in [0, 0.05) is 24.0 Å². The predicted molar refractivity (Wildman–Crippen MR) is 90.7 cm³/mol. The summed E-state index contributed by atoms with van der Waals surface area (Å²) in [5, 5.41) is 6.84. The molecule has 4 nitrogen and oxygen atoms in total. The average Bonchev–Trinajstić information content (AvgIpc) is 3.14. The second kappa shape index (κ2) is 6.44. The molecule has 0 atom stereocenters. The lowest BCUT2D eigenvalue weighted by Gasteiger charge is -2.19. The largest absolute Gasteiger partial charge is 0.369 e. The van der Waals surface area contributed by atoms with Gasteiger partial charge in [-0.1, -0.05) is 0 Å². The van der Waals surface area contributed by atoms with E-state index in [4.69, 9.17) is 0 Å². The predicted octanol–water partition coefficient (Wildman–Crippen LogP) is 3.95. The lowest BCUT2D eigenvalue weighted by molar-refractivity contribution is 0.622. The second-order valence-electron chi connectivity index (χ2n) is 5.52. The Bertz CT molecular complexity index is 689. The van der Waals surface area contributed by atoms with E-state index >= 15 is 0 Å². The minimum Gasteiger partial charge on any atom is -0.369 e. The molecule has 1 aromatic heterocycles. The monoisotopic (exact) mass is 318 g/mol. The zero-order valence-corrected chi connectivity index (χ0v) is 13.6. The second-order valence-corrected chi connectivity index (χ2v) is 6.38. The molecule has 22 heavy (non-hydrogen) atoms. The van der Waals surface area contributed by atoms with Crippen LogP contribution in [-0.2, 0) is 0 Å². The first-order chi connectivity index (χ1) is 10.6. The van der Waals surface area contributed by atoms with Crippen molar-refractivity contribution in [2.75, 3.05) is 23.4 Å². The summed E-state index contributed by atoms with van der Waals surface area (Å²) in [5.41, 5.74) is 6.33. The van der Waals surface area contributed by atoms with Gasteiger partial charge in [0.2, 0.25) is 5.13 Å². The Morgan fingerprint density at radius 2 is 2.09 bits per heavy atom. The third kappa shape index (κ3) is 3.27. The number of anilines is 2. The Hall–Kier alpha value is -1.95. The first-order valence-corrected chi connectivity index (χ1v) is 8.28. The molecule has 0 spiro atoms. The van der Waals surface area contributed by atoms with Crippen LogP contribution in [0.4, 0.5) is 15.2 Å². The van der Waals surface area contributed by atoms with E-state index in [1.54, 1.807) is 12.3 Å². The van der Waals surface area contributed by atoms with Gasteiger partial charge >= 0.3 is 0 Å². The maximum Gasteiger partial charge on any atom is 0.203 e. The fourth-order valence-electron chi connectivity index (χ4n) is 2.58. The van der Waals surface area contributed by atoms with Crippen molar-refractivity contribution in [1.82, 2.24) is 4.98 Å². The highest BCUT2D eigenvalue weighted by molar-refractivity contribution is 7.13. The van der Waals surface area contributed by atoms with Crippen molar-refractivity contribution in [1.29, 1.82) is 0 Å². The summed E-state index contributed by atoms with van der Waals surface area (Å²) in [6.45, 7) is 5.79. The molecule has 1 fully saturated rings. The highest BCUT2D eigenvalue weighted by Gasteiger charge is 2.17. The summed E-state index contributed by atoms with van der Waals surface area (Å²) in [4.78, 5) is 6.37. The molecular weight excluding hydrogens is 299 g/mol. The zero-order chi connectivity index (χ0) is 15.5. The molecule has 116 valence electrons. The third-order valence-electron chi connectivity index (χ3n) is 3.77. The SMILES string of the molecule is Cc1csc(NN=Cc2cc(F)c(N3CCCC3)cc2C)n1. The van der Waals surface area contributed by atoms with Gasteiger partial charge in [-0.3, -0.25) is 5.43 Å². The van der Waals surface area contributed by atoms with Crippen LogP contribution in [0.1, 0.15) is 29.7 Å². The molecule has 1 N–H and O–H groups in total. The van der Waals surface area contributed by atoms with Crippen LogP contribution >= 0.6 is 11.3 Å². The van der Waals surface area contributed by atoms with Crippen LogP contribution < -0.4 is 10.3 Å². The highest BCUT2D eigenvalue weighted by atomic mass is 32.1. The number of hydrazone groups is 1. The standard InChI is InChI=1S/C16H19FN4S/c1-11-7-15(21-5-3-4-6-21)14(17)8-13(11)9-18-20-16-19-12(2)10-22-16/h7-10H,3-6H2,1-2H3,(H,19,20). The van der Waals surface area contributed by atoms with Crippen LogP contribution in [0.25, 0.3) is 0 Å². The molecule has 0 saturated carbocycles. The summed E-state index contributed by atoms with van der Waals surface area (Å²) in [6.07, 6.45) is 3.92. The van der Waals surface area contributed by atoms with Gasteiger partial charge in [-0.05, 0) is 44.4 Å². The average molecular weight is 318 g/mol. The van der Waals surface area contributed by atoms with E-state index in [1.165, 1.54) is 11.3 Å². The third-order valence-corrected chi connectivity index (χ3v) is 4.63. The Kier molecular flexibility index (Phi) is 4.38. The van der Waals surface area contributed by atoms with Crippen molar-refractivity contribution in [3.05, 3.63) is 40.2 Å². The van der Waals surface area contributed by atoms with Crippen LogP contribution in [0, 0.1) is 19.7 Å². The number of aryl methyl sites for hydroxylation is 2. The van der Waals surface area contributed by atoms with Gasteiger partial charge in [-0.15, -0.1) is 11.3 Å². The summed E-state index contributed by atoms with van der Waals surface area (Å²) in [5.74, 6) is -0.181. The van der Waals surface area contributed by atoms with Crippen molar-refractivity contribution in [3.8, 4) is 0 Å². The van der Waals surface area contributed by atoms with Crippen LogP contribution in [0.15, 0.2) is 22.6 Å². The van der Waals surface area contributed by atoms with E-state index < -0.39 is 0 Å². The highest BCUT2D eigenvalue weighted by Crippen LogP contribution is 2.26. The smallest absolute Gasteiger partial charge is 0.203 e. The normalized spacial score (nSPS) is 15.0. The van der Waals surface area contributed by atoms with Crippen molar-refractivity contribution >= 4 is 28.4 Å². The van der Waals surface area contributed by atoms with E-state index in [0.29, 0.717) is 5.69 Å². The van der Waals surface area contributed by atoms with Crippen LogP contribution in [0.5, 0.6) is 0 Å². The van der Waals surface area contributed by atoms with E-state index in [0.717, 1.165) is 47.9 Å². The van der Waals surface area contributed by atoms with Gasteiger partial charge in [0.15, 0.2) is 0 Å². The first-order valence-electron chi connectivity index (χ1n) is 7.40. The lowest BCUT2D eigenvalue weighted by atomic mass is 10.1. The van der Waals surface area contributed by atoms with Gasteiger partial charge in [-0.2, -0.15) is 5.10 Å². The molecule has 0 aliphatic carbocycles. The minimum absolute atomic E-state index is 0.181. The number of halogens is 1. The number of hydrogen-bond acceptors (Lipinski definition) is 5. The van der Waals surface area contributed by atoms with Crippen molar-refractivity contribution in [2.24, 2.45) is 5.10 Å². The van der Waals surface area contributed by atoms with Gasteiger partial charge in [-0.25, -0.2) is 9.37 Å². The van der Waals surface area contributed by atoms with Crippen molar-refractivity contribution in [3.63, 3.8) is 0 Å². The van der Waals surface area contributed by atoms with Crippen molar-refractivity contribution in [2.45, 2.75) is 26.7 Å². The van der Waals surface area contributed by atoms with Crippen LogP contribution in [-0.4, -0.2) is 24.3 Å². The number of hydrogen-bond donors (Lipinski definition) is 1. The van der Waals surface area contributed by atoms with Gasteiger partial charge in [0.05, 0.1) is 17.6 Å². The van der Waals surface area contributed by atoms with Crippen LogP contribution in [0.3, 0.4) is 0 Å². The molecular formula is C16H19FN4S. The van der Waals surface area contributed by atoms with E-state index in [-0.39, 0.29) is 5.82 Å². The Labute approximate surface area is 133 Å². The van der Waals surface area contributed by atoms with Gasteiger partial charge < -0.3 is 4.90 Å². The fourth-order valence-corrected chi connectivity index (χ4v) is 3.22. The molecule has 2 aromatic rings. The van der Waals surface area contributed by atoms with Gasteiger partial charge in [0.25, 0.3) is 0 Å². The molecule has 3 rings (SSSR count). The van der Waals surface area contributed by atoms with Crippen LogP contribution in [0.2, 0.25) is 0 Å². The maximum atomic E-state index is 14.3. The first kappa shape index (κ1) is 15.0. The minimum atomic E-state index is -0.181. The summed E-state index contributed by atoms with van der Waals surface area (Å²) >= 11 is 1.49. The van der Waals surface area contributed by atoms with Gasteiger partial charge in [0.1, 0.15) is 5.82 Å². The Balaban J connectivity index is 1.75. The van der Waals surface area contributed by atoms with E-state index in [2.05, 4.69) is 20.4 Å². The molecule has 1 aliphatic rings. The molecule has 1 saturated heterocycles. The summed E-state index contributed by atoms with van der Waals surface area (Å²) in [6, 6.07) is 3.47. The molecule has 1 aliphatic heterocycles. The topological polar surface area (TPSA) is 40.5 Å². The quantitative estimate of drug-likeness (QED) is 0.685. The molecule has 0 unspecified atom stereocenters. The molecule has 0 radical (unpaired) electrons. The number of benzene rings is 1. The molecule has 1 aromatic carbocycles. The Morgan fingerprint density at radius 3 is 2.77 bits per heavy atom. The number of nitrogens with zero attached hydrogens (tertiary/aromatic N) is 3. The fraction of sp³-hybridized carbons (Fsp3) is 0.375. The van der Waals surface area contributed by atoms with Crippen molar-refractivity contribution < 1.29 is 4.39 Å². The molecule has 0 amide bonds. The summed E-state index contributed by atoms with van der Waals surface area (Å²) < 4.78 is 14.3. The molecule has 6 heteroatoms. The van der Waals surface area contributed by atoms with E-state index in [1.807, 2.05) is 25.3 Å². The lowest BCUT2D eigenvalue weighted by Crippen LogP contribution is -2.19. The number of aromatic nitrogens is 1. The molecule has 2 heterocycles. The zero-order valence-electron chi connectivity index (χ0n) is 12.8. The number of rotatable bonds is 4. The molecule has 0 bridgehead atoms.